The summed E-state index contributed by atoms with van der Waals surface area (Å²) in [5.41, 5.74) is 24.7. The molecule has 410 valence electrons. The first-order valence-corrected chi connectivity index (χ1v) is 30.8. The number of rotatable bonds is 6. The Morgan fingerprint density at radius 3 is 1.74 bits per heavy atom. The van der Waals surface area contributed by atoms with Gasteiger partial charge in [0.15, 0.2) is 0 Å². The van der Waals surface area contributed by atoms with Crippen LogP contribution in [0.2, 0.25) is 0 Å². The van der Waals surface area contributed by atoms with E-state index in [1.165, 1.54) is 126 Å². The lowest BCUT2D eigenvalue weighted by atomic mass is 9.36. The van der Waals surface area contributed by atoms with Gasteiger partial charge in [0, 0.05) is 65.4 Å². The van der Waals surface area contributed by atoms with Crippen molar-refractivity contribution >= 4 is 117 Å². The van der Waals surface area contributed by atoms with Crippen LogP contribution < -0.4 is 30.4 Å². The Hall–Kier alpha value is -8.64. The molecule has 0 saturated carbocycles. The third-order valence-electron chi connectivity index (χ3n) is 18.7. The second kappa shape index (κ2) is 18.7. The van der Waals surface area contributed by atoms with E-state index in [2.05, 4.69) is 315 Å². The van der Waals surface area contributed by atoms with Gasteiger partial charge in [0.05, 0.1) is 17.1 Å². The van der Waals surface area contributed by atoms with E-state index in [0.29, 0.717) is 0 Å². The number of fused-ring (bicyclic) bond motifs is 12. The minimum Gasteiger partial charge on any atom is -0.311 e. The summed E-state index contributed by atoms with van der Waals surface area (Å²) in [6, 6.07) is 86.1. The molecule has 0 fully saturated rings. The van der Waals surface area contributed by atoms with Crippen molar-refractivity contribution in [1.29, 1.82) is 0 Å². The van der Waals surface area contributed by atoms with Crippen LogP contribution in [-0.2, 0) is 21.7 Å². The lowest BCUT2D eigenvalue weighted by molar-refractivity contribution is 0.590. The first kappa shape index (κ1) is 52.2. The molecule has 1 aromatic heterocycles. The Labute approximate surface area is 500 Å². The predicted molar refractivity (Wildman–Crippen MR) is 365 cm³/mol. The maximum Gasteiger partial charge on any atom is 0.264 e. The van der Waals surface area contributed by atoms with Crippen molar-refractivity contribution in [2.75, 3.05) is 14.7 Å². The molecule has 0 unspecified atom stereocenters. The topological polar surface area (TPSA) is 9.72 Å². The fraction of sp³-hybridized carbons (Fsp3) is 0.190. The second-order valence-corrected chi connectivity index (χ2v) is 28.5. The van der Waals surface area contributed by atoms with Crippen LogP contribution in [0.25, 0.3) is 53.9 Å². The molecule has 0 atom stereocenters. The highest BCUT2D eigenvalue weighted by atomic mass is 32.1. The van der Waals surface area contributed by atoms with E-state index < -0.39 is 0 Å². The van der Waals surface area contributed by atoms with Crippen molar-refractivity contribution in [2.45, 2.75) is 97.8 Å². The molecule has 11 aromatic carbocycles. The van der Waals surface area contributed by atoms with Crippen molar-refractivity contribution in [3.8, 4) is 22.3 Å². The molecule has 0 radical (unpaired) electrons. The van der Waals surface area contributed by atoms with Gasteiger partial charge in [-0.3, -0.25) is 0 Å². The number of benzene rings is 11. The van der Waals surface area contributed by atoms with E-state index in [4.69, 9.17) is 0 Å². The molecule has 0 bridgehead atoms. The molecule has 0 saturated heterocycles. The minimum absolute atomic E-state index is 0.00568. The van der Waals surface area contributed by atoms with Gasteiger partial charge >= 0.3 is 0 Å². The van der Waals surface area contributed by atoms with Crippen molar-refractivity contribution in [2.24, 2.45) is 0 Å². The molecule has 2 aliphatic heterocycles. The van der Waals surface area contributed by atoms with E-state index in [0.717, 1.165) is 22.7 Å². The van der Waals surface area contributed by atoms with Gasteiger partial charge in [-0.15, -0.1) is 11.3 Å². The molecule has 3 aliphatic rings. The Bertz CT molecular complexity index is 4640. The highest BCUT2D eigenvalue weighted by Gasteiger charge is 2.47. The minimum atomic E-state index is -0.133. The molecule has 15 rings (SSSR count). The van der Waals surface area contributed by atoms with Gasteiger partial charge in [-0.25, -0.2) is 0 Å². The van der Waals surface area contributed by atoms with E-state index in [9.17, 15) is 0 Å². The summed E-state index contributed by atoms with van der Waals surface area (Å²) in [5, 5.41) is 6.22. The predicted octanol–water partition coefficient (Wildman–Crippen LogP) is 20.6. The van der Waals surface area contributed by atoms with Gasteiger partial charge in [0.1, 0.15) is 0 Å². The zero-order valence-corrected chi connectivity index (χ0v) is 51.0. The summed E-state index contributed by atoms with van der Waals surface area (Å²) >= 11 is 1.99. The fourth-order valence-electron chi connectivity index (χ4n) is 14.2. The normalized spacial score (nSPS) is 14.2. The summed E-state index contributed by atoms with van der Waals surface area (Å²) in [6.07, 6.45) is 0. The second-order valence-electron chi connectivity index (χ2n) is 27.4. The van der Waals surface area contributed by atoms with Gasteiger partial charge in [-0.2, -0.15) is 0 Å². The smallest absolute Gasteiger partial charge is 0.264 e. The molecular formula is C79H70BN3S. The van der Waals surface area contributed by atoms with Gasteiger partial charge in [-0.05, 0) is 167 Å². The van der Waals surface area contributed by atoms with Crippen LogP contribution in [0.5, 0.6) is 0 Å². The van der Waals surface area contributed by atoms with Crippen LogP contribution in [-0.4, -0.2) is 6.71 Å². The van der Waals surface area contributed by atoms with E-state index >= 15 is 0 Å². The van der Waals surface area contributed by atoms with Crippen LogP contribution in [0.3, 0.4) is 0 Å². The average Bonchev–Trinajstić information content (AvgIpc) is 1.39. The van der Waals surface area contributed by atoms with Crippen LogP contribution in [0.1, 0.15) is 104 Å². The Morgan fingerprint density at radius 2 is 1.02 bits per heavy atom. The Kier molecular flexibility index (Phi) is 11.6. The van der Waals surface area contributed by atoms with Crippen molar-refractivity contribution < 1.29 is 0 Å². The van der Waals surface area contributed by atoms with E-state index in [-0.39, 0.29) is 28.4 Å². The standard InChI is InChI=1S/C79H70BN3S/c1-76(2,3)51-32-37-54(38-33-51)81(70-44-50-24-15-16-25-57(50)58-26-17-18-28-60(58)70)56-41-42-66-71(46-56)83(67-43-36-53(78(7,8)9)45-61(67)49-22-13-12-14-23-49)69-31-21-30-68-73(69)80(66)75-74(82(68)55-39-34-52(35-40-55)77(4,5)6)63-47-62-59-27-19-20-29-64(59)79(10,11)65(62)48-72(63)84-75/h12-48H,1-11H3. The van der Waals surface area contributed by atoms with Gasteiger partial charge < -0.3 is 14.7 Å². The fourth-order valence-corrected chi connectivity index (χ4v) is 15.5. The van der Waals surface area contributed by atoms with Crippen LogP contribution in [0.4, 0.5) is 51.2 Å². The van der Waals surface area contributed by atoms with Crippen LogP contribution in [0, 0.1) is 0 Å². The largest absolute Gasteiger partial charge is 0.311 e. The first-order valence-electron chi connectivity index (χ1n) is 30.0. The number of thiophene rings is 1. The lowest BCUT2D eigenvalue weighted by Gasteiger charge is -2.44. The Morgan fingerprint density at radius 1 is 0.417 bits per heavy atom. The molecule has 1 aliphatic carbocycles. The van der Waals surface area contributed by atoms with Gasteiger partial charge in [0.2, 0.25) is 0 Å². The van der Waals surface area contributed by atoms with Crippen LogP contribution >= 0.6 is 11.3 Å². The summed E-state index contributed by atoms with van der Waals surface area (Å²) in [4.78, 5) is 7.79. The summed E-state index contributed by atoms with van der Waals surface area (Å²) in [5.74, 6) is 0. The summed E-state index contributed by atoms with van der Waals surface area (Å²) in [7, 11) is 0. The van der Waals surface area contributed by atoms with Crippen molar-refractivity contribution in [3.05, 3.63) is 252 Å². The zero-order chi connectivity index (χ0) is 57.8. The number of nitrogens with zero attached hydrogens (tertiary/aromatic N) is 3. The number of hydrogen-bond acceptors (Lipinski definition) is 4. The molecule has 0 amide bonds. The highest BCUT2D eigenvalue weighted by molar-refractivity contribution is 7.33. The summed E-state index contributed by atoms with van der Waals surface area (Å²) in [6.45, 7) is 25.6. The maximum absolute atomic E-state index is 2.63. The molecule has 0 spiro atoms. The first-order chi connectivity index (χ1) is 40.3. The average molecular weight is 1100 g/mol. The lowest BCUT2D eigenvalue weighted by Crippen LogP contribution is -2.60. The quantitative estimate of drug-likeness (QED) is 0.121. The SMILES string of the molecule is CC(C)(C)c1ccc(N2c3cccc4c3B(c3ccc(N(c5ccc(C(C)(C)C)cc5)c5cc6ccccc6c6ccccc56)cc3N4c3ccc(C(C)(C)C)cc3-c3ccccc3)c3sc4cc5c(cc4c32)-c2ccccc2C5(C)C)cc1. The summed E-state index contributed by atoms with van der Waals surface area (Å²) < 4.78 is 2.69. The monoisotopic (exact) mass is 1100 g/mol. The van der Waals surface area contributed by atoms with Gasteiger partial charge in [-0.1, -0.05) is 222 Å². The Balaban J connectivity index is 1.04. The highest BCUT2D eigenvalue weighted by Crippen LogP contribution is 2.55. The molecule has 3 heterocycles. The molecule has 12 aromatic rings. The van der Waals surface area contributed by atoms with Crippen molar-refractivity contribution in [3.63, 3.8) is 0 Å². The third-order valence-corrected chi connectivity index (χ3v) is 19.9. The zero-order valence-electron chi connectivity index (χ0n) is 50.2. The molecule has 3 nitrogen and oxygen atoms in total. The van der Waals surface area contributed by atoms with E-state index in [1.807, 2.05) is 11.3 Å². The molecule has 0 N–H and O–H groups in total. The number of anilines is 9. The third kappa shape index (κ3) is 8.06. The molecule has 84 heavy (non-hydrogen) atoms. The maximum atomic E-state index is 2.63. The van der Waals surface area contributed by atoms with Crippen LogP contribution in [0.15, 0.2) is 224 Å². The molecular weight excluding hydrogens is 1030 g/mol. The van der Waals surface area contributed by atoms with Crippen molar-refractivity contribution in [1.82, 2.24) is 0 Å². The molecule has 5 heteroatoms. The van der Waals surface area contributed by atoms with Gasteiger partial charge in [0.25, 0.3) is 6.71 Å². The number of hydrogen-bond donors (Lipinski definition) is 0. The van der Waals surface area contributed by atoms with E-state index in [1.54, 1.807) is 0 Å².